The van der Waals surface area contributed by atoms with Gasteiger partial charge in [-0.2, -0.15) is 8.42 Å². The molecule has 2 heterocycles. The number of oxazole rings is 1. The van der Waals surface area contributed by atoms with E-state index in [0.717, 1.165) is 18.5 Å². The first-order chi connectivity index (χ1) is 12.1. The maximum atomic E-state index is 12.5. The van der Waals surface area contributed by atoms with E-state index in [4.69, 9.17) is 4.42 Å². The van der Waals surface area contributed by atoms with Crippen molar-refractivity contribution in [3.63, 3.8) is 0 Å². The van der Waals surface area contributed by atoms with Crippen molar-refractivity contribution in [3.05, 3.63) is 41.9 Å². The molecule has 8 heteroatoms. The third-order valence-electron chi connectivity index (χ3n) is 4.11. The molecule has 1 amide bonds. The highest BCUT2D eigenvalue weighted by atomic mass is 32.2. The van der Waals surface area contributed by atoms with Gasteiger partial charge in [-0.15, -0.1) is 0 Å². The van der Waals surface area contributed by atoms with Gasteiger partial charge in [-0.05, 0) is 24.1 Å². The minimum absolute atomic E-state index is 0.132. The van der Waals surface area contributed by atoms with Gasteiger partial charge in [-0.25, -0.2) is 4.98 Å². The summed E-state index contributed by atoms with van der Waals surface area (Å²) in [6.45, 7) is 6.90. The molecule has 1 fully saturated rings. The van der Waals surface area contributed by atoms with Crippen molar-refractivity contribution in [1.29, 1.82) is 0 Å². The average molecular weight is 377 g/mol. The zero-order valence-corrected chi connectivity index (χ0v) is 16.0. The standard InChI is InChI=1S/C18H23N3O4S/c1-18(2,3)17-19-11-16(25-17)26(23,24)20-14-7-4-6-13(10-14)12-21-9-5-8-15(21)22/h4,6-7,10-11,20H,5,8-9,12H2,1-3H3. The van der Waals surface area contributed by atoms with Gasteiger partial charge < -0.3 is 9.32 Å². The number of carbonyl (C=O) groups excluding carboxylic acids is 1. The summed E-state index contributed by atoms with van der Waals surface area (Å²) in [5.74, 6) is 0.492. The van der Waals surface area contributed by atoms with Crippen LogP contribution in [0.15, 0.2) is 40.0 Å². The third-order valence-corrected chi connectivity index (χ3v) is 5.34. The summed E-state index contributed by atoms with van der Waals surface area (Å²) in [6, 6.07) is 7.02. The molecule has 2 aromatic rings. The smallest absolute Gasteiger partial charge is 0.297 e. The lowest BCUT2D eigenvalue weighted by Gasteiger charge is -2.16. The Morgan fingerprint density at radius 3 is 2.69 bits per heavy atom. The van der Waals surface area contributed by atoms with Crippen LogP contribution in [-0.4, -0.2) is 30.8 Å². The molecular formula is C18H23N3O4S. The van der Waals surface area contributed by atoms with E-state index in [1.165, 1.54) is 6.20 Å². The maximum Gasteiger partial charge on any atom is 0.297 e. The molecule has 0 radical (unpaired) electrons. The minimum Gasteiger partial charge on any atom is -0.427 e. The van der Waals surface area contributed by atoms with Gasteiger partial charge in [0.1, 0.15) is 0 Å². The van der Waals surface area contributed by atoms with E-state index in [2.05, 4.69) is 9.71 Å². The molecule has 1 N–H and O–H groups in total. The van der Waals surface area contributed by atoms with Crippen LogP contribution in [0, 0.1) is 0 Å². The van der Waals surface area contributed by atoms with Gasteiger partial charge >= 0.3 is 0 Å². The summed E-state index contributed by atoms with van der Waals surface area (Å²) in [4.78, 5) is 17.6. The quantitative estimate of drug-likeness (QED) is 0.865. The fraction of sp³-hybridized carbons (Fsp3) is 0.444. The van der Waals surface area contributed by atoms with Gasteiger partial charge in [0.25, 0.3) is 15.1 Å². The highest BCUT2D eigenvalue weighted by Gasteiger charge is 2.26. The van der Waals surface area contributed by atoms with Crippen molar-refractivity contribution in [2.45, 2.75) is 50.7 Å². The topological polar surface area (TPSA) is 92.5 Å². The zero-order valence-electron chi connectivity index (χ0n) is 15.2. The van der Waals surface area contributed by atoms with Crippen LogP contribution in [0.2, 0.25) is 0 Å². The SMILES string of the molecule is CC(C)(C)c1ncc(S(=O)(=O)Nc2cccc(CN3CCCC3=O)c2)o1. The lowest BCUT2D eigenvalue weighted by molar-refractivity contribution is -0.128. The number of aromatic nitrogens is 1. The molecule has 1 aromatic heterocycles. The van der Waals surface area contributed by atoms with Gasteiger partial charge in [-0.1, -0.05) is 32.9 Å². The van der Waals surface area contributed by atoms with Crippen LogP contribution < -0.4 is 4.72 Å². The van der Waals surface area contributed by atoms with E-state index >= 15 is 0 Å². The Kier molecular flexibility index (Phi) is 4.79. The van der Waals surface area contributed by atoms with E-state index in [0.29, 0.717) is 24.5 Å². The van der Waals surface area contributed by atoms with E-state index < -0.39 is 10.0 Å². The van der Waals surface area contributed by atoms with Crippen LogP contribution >= 0.6 is 0 Å². The number of anilines is 1. The minimum atomic E-state index is -3.87. The molecule has 0 atom stereocenters. The molecule has 1 aliphatic rings. The normalized spacial score (nSPS) is 15.5. The van der Waals surface area contributed by atoms with E-state index in [9.17, 15) is 13.2 Å². The molecule has 0 saturated carbocycles. The number of likely N-dealkylation sites (tertiary alicyclic amines) is 1. The highest BCUT2D eigenvalue weighted by molar-refractivity contribution is 7.92. The van der Waals surface area contributed by atoms with E-state index in [1.807, 2.05) is 26.8 Å². The summed E-state index contributed by atoms with van der Waals surface area (Å²) in [7, 11) is -3.87. The number of rotatable bonds is 5. The summed E-state index contributed by atoms with van der Waals surface area (Å²) in [6.07, 6.45) is 2.66. The number of hydrogen-bond acceptors (Lipinski definition) is 5. The van der Waals surface area contributed by atoms with Crippen LogP contribution in [0.3, 0.4) is 0 Å². The van der Waals surface area contributed by atoms with Crippen LogP contribution in [0.1, 0.15) is 45.1 Å². The Morgan fingerprint density at radius 1 is 1.31 bits per heavy atom. The molecule has 26 heavy (non-hydrogen) atoms. The second-order valence-corrected chi connectivity index (χ2v) is 9.07. The molecule has 140 valence electrons. The van der Waals surface area contributed by atoms with Crippen molar-refractivity contribution in [3.8, 4) is 0 Å². The van der Waals surface area contributed by atoms with Gasteiger partial charge in [0, 0.05) is 30.6 Å². The predicted molar refractivity (Wildman–Crippen MR) is 97.1 cm³/mol. The van der Waals surface area contributed by atoms with Crippen LogP contribution in [0.4, 0.5) is 5.69 Å². The fourth-order valence-corrected chi connectivity index (χ4v) is 3.68. The molecular weight excluding hydrogens is 354 g/mol. The third kappa shape index (κ3) is 4.07. The lowest BCUT2D eigenvalue weighted by atomic mass is 9.97. The first kappa shape index (κ1) is 18.4. The molecule has 3 rings (SSSR count). The number of benzene rings is 1. The number of hydrogen-bond donors (Lipinski definition) is 1. The Labute approximate surface area is 153 Å². The Bertz CT molecular complexity index is 913. The number of amides is 1. The largest absolute Gasteiger partial charge is 0.427 e. The molecule has 0 bridgehead atoms. The summed E-state index contributed by atoms with van der Waals surface area (Å²) in [5, 5.41) is -0.220. The number of carbonyl (C=O) groups is 1. The van der Waals surface area contributed by atoms with E-state index in [1.54, 1.807) is 23.1 Å². The molecule has 1 saturated heterocycles. The number of nitrogens with one attached hydrogen (secondary N) is 1. The summed E-state index contributed by atoms with van der Waals surface area (Å²) < 4.78 is 33.0. The maximum absolute atomic E-state index is 12.5. The van der Waals surface area contributed by atoms with Crippen LogP contribution in [-0.2, 0) is 26.8 Å². The second kappa shape index (κ2) is 6.75. The highest BCUT2D eigenvalue weighted by Crippen LogP contribution is 2.25. The van der Waals surface area contributed by atoms with Crippen molar-refractivity contribution in [1.82, 2.24) is 9.88 Å². The van der Waals surface area contributed by atoms with Crippen LogP contribution in [0.5, 0.6) is 0 Å². The molecule has 1 aliphatic heterocycles. The first-order valence-electron chi connectivity index (χ1n) is 8.51. The van der Waals surface area contributed by atoms with E-state index in [-0.39, 0.29) is 16.4 Å². The fourth-order valence-electron chi connectivity index (χ4n) is 2.76. The molecule has 1 aromatic carbocycles. The number of sulfonamides is 1. The molecule has 0 aliphatic carbocycles. The monoisotopic (exact) mass is 377 g/mol. The Hall–Kier alpha value is -2.35. The molecule has 0 unspecified atom stereocenters. The Balaban J connectivity index is 1.76. The summed E-state index contributed by atoms with van der Waals surface area (Å²) in [5.41, 5.74) is 0.909. The Morgan fingerprint density at radius 2 is 2.08 bits per heavy atom. The van der Waals surface area contributed by atoms with Gasteiger partial charge in [0.15, 0.2) is 0 Å². The zero-order chi connectivity index (χ0) is 18.9. The molecule has 7 nitrogen and oxygen atoms in total. The van der Waals surface area contributed by atoms with Gasteiger partial charge in [0.05, 0.1) is 6.20 Å². The van der Waals surface area contributed by atoms with Crippen LogP contribution in [0.25, 0.3) is 0 Å². The van der Waals surface area contributed by atoms with Crippen molar-refractivity contribution < 1.29 is 17.6 Å². The van der Waals surface area contributed by atoms with Gasteiger partial charge in [0.2, 0.25) is 11.8 Å². The summed E-state index contributed by atoms with van der Waals surface area (Å²) >= 11 is 0. The van der Waals surface area contributed by atoms with Gasteiger partial charge in [-0.3, -0.25) is 9.52 Å². The van der Waals surface area contributed by atoms with Crippen molar-refractivity contribution in [2.24, 2.45) is 0 Å². The first-order valence-corrected chi connectivity index (χ1v) is 9.99. The molecule has 0 spiro atoms. The number of nitrogens with zero attached hydrogens (tertiary/aromatic N) is 2. The van der Waals surface area contributed by atoms with Crippen molar-refractivity contribution >= 4 is 21.6 Å². The lowest BCUT2D eigenvalue weighted by Crippen LogP contribution is -2.23. The average Bonchev–Trinajstić information content (AvgIpc) is 3.17. The predicted octanol–water partition coefficient (Wildman–Crippen LogP) is 2.90. The second-order valence-electron chi connectivity index (χ2n) is 7.46. The van der Waals surface area contributed by atoms with Crippen molar-refractivity contribution in [2.75, 3.05) is 11.3 Å².